The Kier molecular flexibility index (Phi) is 1.44. The quantitative estimate of drug-likeness (QED) is 0.489. The molecule has 0 amide bonds. The minimum atomic E-state index is 0.152. The molecule has 0 saturated heterocycles. The van der Waals surface area contributed by atoms with E-state index in [1.54, 1.807) is 6.21 Å². The second-order valence-electron chi connectivity index (χ2n) is 2.02. The minimum Gasteiger partial charge on any atom is -0.323 e. The first kappa shape index (κ1) is 5.51. The van der Waals surface area contributed by atoms with E-state index in [0.29, 0.717) is 0 Å². The van der Waals surface area contributed by atoms with Crippen LogP contribution in [0.4, 0.5) is 0 Å². The number of hydrogen-bond acceptors (Lipinski definition) is 2. The average Bonchev–Trinajstić information content (AvgIpc) is 1.77. The van der Waals surface area contributed by atoms with E-state index in [4.69, 9.17) is 5.73 Å². The molecule has 0 saturated carbocycles. The van der Waals surface area contributed by atoms with Crippen molar-refractivity contribution in [2.24, 2.45) is 10.7 Å². The van der Waals surface area contributed by atoms with Crippen molar-refractivity contribution in [3.05, 3.63) is 11.8 Å². The third kappa shape index (κ3) is 1.17. The molecule has 8 heavy (non-hydrogen) atoms. The molecule has 0 fully saturated rings. The van der Waals surface area contributed by atoms with Gasteiger partial charge in [0.1, 0.15) is 0 Å². The Morgan fingerprint density at radius 2 is 2.62 bits per heavy atom. The van der Waals surface area contributed by atoms with E-state index in [9.17, 15) is 0 Å². The molecule has 0 spiro atoms. The van der Waals surface area contributed by atoms with Crippen LogP contribution in [-0.4, -0.2) is 12.3 Å². The standard InChI is InChI=1S/C6H10N2/c1-5-2-3-6(7)4-8-5/h2,4,6H,3,7H2,1H3. The van der Waals surface area contributed by atoms with E-state index >= 15 is 0 Å². The minimum absolute atomic E-state index is 0.152. The Hall–Kier alpha value is -0.630. The molecule has 2 N–H and O–H groups in total. The fourth-order valence-electron chi connectivity index (χ4n) is 0.634. The molecular weight excluding hydrogens is 100 g/mol. The summed E-state index contributed by atoms with van der Waals surface area (Å²) in [6.07, 6.45) is 4.77. The van der Waals surface area contributed by atoms with Gasteiger partial charge in [-0.3, -0.25) is 4.99 Å². The van der Waals surface area contributed by atoms with Crippen LogP contribution in [0.1, 0.15) is 13.3 Å². The van der Waals surface area contributed by atoms with Crippen molar-refractivity contribution in [1.82, 2.24) is 0 Å². The molecule has 0 radical (unpaired) electrons. The largest absolute Gasteiger partial charge is 0.323 e. The van der Waals surface area contributed by atoms with Crippen LogP contribution in [0.2, 0.25) is 0 Å². The highest BCUT2D eigenvalue weighted by atomic mass is 14.8. The summed E-state index contributed by atoms with van der Waals surface area (Å²) in [4.78, 5) is 4.02. The first-order valence-corrected chi connectivity index (χ1v) is 2.75. The monoisotopic (exact) mass is 110 g/mol. The maximum Gasteiger partial charge on any atom is 0.0435 e. The van der Waals surface area contributed by atoms with Gasteiger partial charge < -0.3 is 5.73 Å². The van der Waals surface area contributed by atoms with Crippen LogP contribution in [0, 0.1) is 0 Å². The first-order chi connectivity index (χ1) is 3.79. The SMILES string of the molecule is CC1=CCC(N)C=N1. The lowest BCUT2D eigenvalue weighted by Gasteiger charge is -2.06. The van der Waals surface area contributed by atoms with Gasteiger partial charge >= 0.3 is 0 Å². The normalized spacial score (nSPS) is 27.8. The van der Waals surface area contributed by atoms with Crippen LogP contribution in [0.25, 0.3) is 0 Å². The highest BCUT2D eigenvalue weighted by Crippen LogP contribution is 2.02. The summed E-state index contributed by atoms with van der Waals surface area (Å²) < 4.78 is 0. The molecule has 1 aliphatic rings. The molecule has 0 aromatic carbocycles. The maximum absolute atomic E-state index is 5.50. The summed E-state index contributed by atoms with van der Waals surface area (Å²) in [6.45, 7) is 1.97. The van der Waals surface area contributed by atoms with Crippen molar-refractivity contribution >= 4 is 6.21 Å². The lowest BCUT2D eigenvalue weighted by atomic mass is 10.2. The predicted molar refractivity (Wildman–Crippen MR) is 34.8 cm³/mol. The van der Waals surface area contributed by atoms with Crippen molar-refractivity contribution in [2.75, 3.05) is 0 Å². The van der Waals surface area contributed by atoms with Crippen LogP contribution in [0.3, 0.4) is 0 Å². The fourth-order valence-corrected chi connectivity index (χ4v) is 0.634. The second kappa shape index (κ2) is 2.09. The molecule has 0 aromatic rings. The van der Waals surface area contributed by atoms with Gasteiger partial charge in [0, 0.05) is 18.0 Å². The number of nitrogens with two attached hydrogens (primary N) is 1. The van der Waals surface area contributed by atoms with E-state index in [0.717, 1.165) is 12.1 Å². The molecule has 1 aliphatic heterocycles. The molecule has 0 aliphatic carbocycles. The average molecular weight is 110 g/mol. The van der Waals surface area contributed by atoms with E-state index in [1.165, 1.54) is 0 Å². The second-order valence-corrected chi connectivity index (χ2v) is 2.02. The maximum atomic E-state index is 5.50. The van der Waals surface area contributed by atoms with Crippen LogP contribution in [0.5, 0.6) is 0 Å². The lowest BCUT2D eigenvalue weighted by molar-refractivity contribution is 0.864. The zero-order valence-corrected chi connectivity index (χ0v) is 4.96. The molecule has 1 heterocycles. The van der Waals surface area contributed by atoms with Gasteiger partial charge in [0.15, 0.2) is 0 Å². The summed E-state index contributed by atoms with van der Waals surface area (Å²) in [5.41, 5.74) is 6.58. The Labute approximate surface area is 49.1 Å². The summed E-state index contributed by atoms with van der Waals surface area (Å²) in [5.74, 6) is 0. The zero-order valence-electron chi connectivity index (χ0n) is 4.96. The lowest BCUT2D eigenvalue weighted by Crippen LogP contribution is -2.22. The highest BCUT2D eigenvalue weighted by Gasteiger charge is 1.99. The van der Waals surface area contributed by atoms with E-state index in [-0.39, 0.29) is 6.04 Å². The Morgan fingerprint density at radius 3 is 3.00 bits per heavy atom. The molecule has 1 unspecified atom stereocenters. The molecule has 2 nitrogen and oxygen atoms in total. The van der Waals surface area contributed by atoms with Gasteiger partial charge in [-0.25, -0.2) is 0 Å². The molecule has 0 aromatic heterocycles. The predicted octanol–water partition coefficient (Wildman–Crippen LogP) is 0.692. The van der Waals surface area contributed by atoms with Crippen molar-refractivity contribution in [1.29, 1.82) is 0 Å². The summed E-state index contributed by atoms with van der Waals surface area (Å²) in [5, 5.41) is 0. The van der Waals surface area contributed by atoms with Crippen molar-refractivity contribution in [2.45, 2.75) is 19.4 Å². The Balaban J connectivity index is 2.58. The van der Waals surface area contributed by atoms with Crippen molar-refractivity contribution in [3.8, 4) is 0 Å². The van der Waals surface area contributed by atoms with E-state index in [2.05, 4.69) is 4.99 Å². The fraction of sp³-hybridized carbons (Fsp3) is 0.500. The molecule has 1 atom stereocenters. The third-order valence-corrected chi connectivity index (χ3v) is 1.16. The van der Waals surface area contributed by atoms with E-state index in [1.807, 2.05) is 13.0 Å². The highest BCUT2D eigenvalue weighted by molar-refractivity contribution is 5.66. The van der Waals surface area contributed by atoms with Crippen LogP contribution < -0.4 is 5.73 Å². The smallest absolute Gasteiger partial charge is 0.0435 e. The van der Waals surface area contributed by atoms with Crippen molar-refractivity contribution in [3.63, 3.8) is 0 Å². The summed E-state index contributed by atoms with van der Waals surface area (Å²) in [6, 6.07) is 0.152. The van der Waals surface area contributed by atoms with Crippen LogP contribution >= 0.6 is 0 Å². The Bertz CT molecular complexity index is 135. The molecule has 0 bridgehead atoms. The molecule has 2 heteroatoms. The number of allylic oxidation sites excluding steroid dienone is 1. The number of aliphatic imine (C=N–C) groups is 1. The summed E-state index contributed by atoms with van der Waals surface area (Å²) in [7, 11) is 0. The van der Waals surface area contributed by atoms with Gasteiger partial charge in [0.05, 0.1) is 0 Å². The van der Waals surface area contributed by atoms with Gasteiger partial charge in [0.25, 0.3) is 0 Å². The molecule has 44 valence electrons. The van der Waals surface area contributed by atoms with Crippen LogP contribution in [0.15, 0.2) is 16.8 Å². The molecule has 1 rings (SSSR count). The van der Waals surface area contributed by atoms with Gasteiger partial charge in [-0.2, -0.15) is 0 Å². The Morgan fingerprint density at radius 1 is 1.88 bits per heavy atom. The van der Waals surface area contributed by atoms with Gasteiger partial charge in [-0.1, -0.05) is 6.08 Å². The third-order valence-electron chi connectivity index (χ3n) is 1.16. The first-order valence-electron chi connectivity index (χ1n) is 2.75. The number of hydrogen-bond donors (Lipinski definition) is 1. The number of rotatable bonds is 0. The zero-order chi connectivity index (χ0) is 5.98. The van der Waals surface area contributed by atoms with Gasteiger partial charge in [-0.15, -0.1) is 0 Å². The van der Waals surface area contributed by atoms with Gasteiger partial charge in [-0.05, 0) is 13.3 Å². The van der Waals surface area contributed by atoms with Crippen LogP contribution in [-0.2, 0) is 0 Å². The van der Waals surface area contributed by atoms with Gasteiger partial charge in [0.2, 0.25) is 0 Å². The van der Waals surface area contributed by atoms with E-state index < -0.39 is 0 Å². The topological polar surface area (TPSA) is 38.4 Å². The number of nitrogens with zero attached hydrogens (tertiary/aromatic N) is 1. The van der Waals surface area contributed by atoms with Crippen molar-refractivity contribution < 1.29 is 0 Å². The summed E-state index contributed by atoms with van der Waals surface area (Å²) >= 11 is 0. The molecular formula is C6H10N2.